The first-order valence-electron chi connectivity index (χ1n) is 7.51. The van der Waals surface area contributed by atoms with Crippen molar-refractivity contribution in [2.75, 3.05) is 25.0 Å². The monoisotopic (exact) mass is 289 g/mol. The molecule has 0 spiro atoms. The first kappa shape index (κ1) is 15.4. The fraction of sp³-hybridized carbons (Fsp3) is 0.500. The van der Waals surface area contributed by atoms with E-state index in [1.807, 2.05) is 42.2 Å². The van der Waals surface area contributed by atoms with Crippen LogP contribution in [0.1, 0.15) is 26.2 Å². The van der Waals surface area contributed by atoms with Crippen LogP contribution in [-0.4, -0.2) is 42.4 Å². The lowest BCUT2D eigenvalue weighted by Crippen LogP contribution is -2.39. The van der Waals surface area contributed by atoms with Gasteiger partial charge in [-0.1, -0.05) is 18.2 Å². The molecule has 1 aromatic rings. The zero-order chi connectivity index (χ0) is 15.1. The molecule has 2 N–H and O–H groups in total. The van der Waals surface area contributed by atoms with E-state index in [4.69, 9.17) is 0 Å². The maximum absolute atomic E-state index is 11.8. The van der Waals surface area contributed by atoms with Crippen molar-refractivity contribution in [2.24, 2.45) is 0 Å². The zero-order valence-corrected chi connectivity index (χ0v) is 12.5. The average Bonchev–Trinajstić information content (AvgIpc) is 2.89. The SMILES string of the molecule is C[C@H](CCN1CCCC1=O)NC(=O)CNc1ccccc1. The zero-order valence-electron chi connectivity index (χ0n) is 12.5. The number of benzene rings is 1. The molecule has 1 atom stereocenters. The molecule has 1 aromatic carbocycles. The summed E-state index contributed by atoms with van der Waals surface area (Å²) in [7, 11) is 0. The van der Waals surface area contributed by atoms with Gasteiger partial charge < -0.3 is 15.5 Å². The molecular weight excluding hydrogens is 266 g/mol. The molecule has 1 saturated heterocycles. The number of carbonyl (C=O) groups excluding carboxylic acids is 2. The van der Waals surface area contributed by atoms with Crippen LogP contribution in [0.15, 0.2) is 30.3 Å². The number of hydrogen-bond acceptors (Lipinski definition) is 3. The fourth-order valence-corrected chi connectivity index (χ4v) is 2.43. The minimum atomic E-state index is -0.0286. The van der Waals surface area contributed by atoms with Crippen molar-refractivity contribution >= 4 is 17.5 Å². The number of nitrogens with one attached hydrogen (secondary N) is 2. The highest BCUT2D eigenvalue weighted by molar-refractivity contribution is 5.81. The van der Waals surface area contributed by atoms with E-state index in [1.165, 1.54) is 0 Å². The van der Waals surface area contributed by atoms with Gasteiger partial charge in [-0.05, 0) is 31.9 Å². The van der Waals surface area contributed by atoms with Gasteiger partial charge in [-0.3, -0.25) is 9.59 Å². The Hall–Kier alpha value is -2.04. The van der Waals surface area contributed by atoms with Gasteiger partial charge in [0.1, 0.15) is 0 Å². The van der Waals surface area contributed by atoms with E-state index in [1.54, 1.807) is 0 Å². The predicted molar refractivity (Wildman–Crippen MR) is 83.0 cm³/mol. The first-order valence-corrected chi connectivity index (χ1v) is 7.51. The summed E-state index contributed by atoms with van der Waals surface area (Å²) >= 11 is 0. The molecule has 0 bridgehead atoms. The molecule has 21 heavy (non-hydrogen) atoms. The van der Waals surface area contributed by atoms with E-state index in [0.29, 0.717) is 6.42 Å². The van der Waals surface area contributed by atoms with Crippen molar-refractivity contribution < 1.29 is 9.59 Å². The summed E-state index contributed by atoms with van der Waals surface area (Å²) < 4.78 is 0. The highest BCUT2D eigenvalue weighted by atomic mass is 16.2. The molecule has 0 aromatic heterocycles. The van der Waals surface area contributed by atoms with Gasteiger partial charge in [-0.25, -0.2) is 0 Å². The largest absolute Gasteiger partial charge is 0.376 e. The number of hydrogen-bond donors (Lipinski definition) is 2. The molecule has 1 aliphatic rings. The summed E-state index contributed by atoms with van der Waals surface area (Å²) in [5.74, 6) is 0.207. The van der Waals surface area contributed by atoms with Crippen LogP contribution in [0, 0.1) is 0 Å². The molecular formula is C16H23N3O2. The Morgan fingerprint density at radius 3 is 2.76 bits per heavy atom. The Morgan fingerprint density at radius 1 is 1.33 bits per heavy atom. The molecule has 5 heteroatoms. The minimum absolute atomic E-state index is 0.0286. The minimum Gasteiger partial charge on any atom is -0.376 e. The van der Waals surface area contributed by atoms with Crippen LogP contribution in [0.5, 0.6) is 0 Å². The summed E-state index contributed by atoms with van der Waals surface area (Å²) in [6.45, 7) is 3.82. The maximum Gasteiger partial charge on any atom is 0.239 e. The Labute approximate surface area is 125 Å². The molecule has 2 rings (SSSR count). The van der Waals surface area contributed by atoms with E-state index in [9.17, 15) is 9.59 Å². The number of rotatable bonds is 7. The molecule has 2 amide bonds. The number of amides is 2. The van der Waals surface area contributed by atoms with Gasteiger partial charge in [0.25, 0.3) is 0 Å². The number of carbonyl (C=O) groups is 2. The normalized spacial score (nSPS) is 15.9. The van der Waals surface area contributed by atoms with Crippen LogP contribution in [-0.2, 0) is 9.59 Å². The Kier molecular flexibility index (Phi) is 5.60. The van der Waals surface area contributed by atoms with Gasteiger partial charge in [-0.15, -0.1) is 0 Å². The first-order chi connectivity index (χ1) is 10.1. The lowest BCUT2D eigenvalue weighted by molar-refractivity contribution is -0.127. The standard InChI is InChI=1S/C16H23N3O2/c1-13(9-11-19-10-5-8-16(19)21)18-15(20)12-17-14-6-3-2-4-7-14/h2-4,6-7,13,17H,5,8-12H2,1H3,(H,18,20)/t13-/m1/s1. The van der Waals surface area contributed by atoms with Gasteiger partial charge in [-0.2, -0.15) is 0 Å². The van der Waals surface area contributed by atoms with Crippen molar-refractivity contribution in [3.63, 3.8) is 0 Å². The summed E-state index contributed by atoms with van der Waals surface area (Å²) in [4.78, 5) is 25.2. The molecule has 1 aliphatic heterocycles. The summed E-state index contributed by atoms with van der Waals surface area (Å²) in [6.07, 6.45) is 2.42. The summed E-state index contributed by atoms with van der Waals surface area (Å²) in [6, 6.07) is 9.72. The second kappa shape index (κ2) is 7.67. The highest BCUT2D eigenvalue weighted by Crippen LogP contribution is 2.10. The molecule has 114 valence electrons. The van der Waals surface area contributed by atoms with Crippen LogP contribution >= 0.6 is 0 Å². The topological polar surface area (TPSA) is 61.4 Å². The Bertz CT molecular complexity index is 476. The lowest BCUT2D eigenvalue weighted by Gasteiger charge is -2.19. The fourth-order valence-electron chi connectivity index (χ4n) is 2.43. The third-order valence-corrected chi connectivity index (χ3v) is 3.64. The quantitative estimate of drug-likeness (QED) is 0.802. The number of likely N-dealkylation sites (tertiary alicyclic amines) is 1. The third-order valence-electron chi connectivity index (χ3n) is 3.64. The van der Waals surface area contributed by atoms with Crippen molar-refractivity contribution in [3.8, 4) is 0 Å². The number of anilines is 1. The van der Waals surface area contributed by atoms with Crippen LogP contribution in [0.25, 0.3) is 0 Å². The number of nitrogens with zero attached hydrogens (tertiary/aromatic N) is 1. The second-order valence-electron chi connectivity index (χ2n) is 5.46. The van der Waals surface area contributed by atoms with Gasteiger partial charge >= 0.3 is 0 Å². The van der Waals surface area contributed by atoms with E-state index in [-0.39, 0.29) is 24.4 Å². The van der Waals surface area contributed by atoms with Gasteiger partial charge in [0.05, 0.1) is 6.54 Å². The Balaban J connectivity index is 1.64. The Morgan fingerprint density at radius 2 is 2.10 bits per heavy atom. The van der Waals surface area contributed by atoms with E-state index in [2.05, 4.69) is 10.6 Å². The molecule has 1 heterocycles. The van der Waals surface area contributed by atoms with Gasteiger partial charge in [0.2, 0.25) is 11.8 Å². The smallest absolute Gasteiger partial charge is 0.239 e. The average molecular weight is 289 g/mol. The molecule has 5 nitrogen and oxygen atoms in total. The van der Waals surface area contributed by atoms with E-state index >= 15 is 0 Å². The van der Waals surface area contributed by atoms with Gasteiger partial charge in [0, 0.05) is 31.2 Å². The van der Waals surface area contributed by atoms with Crippen molar-refractivity contribution in [1.82, 2.24) is 10.2 Å². The van der Waals surface area contributed by atoms with E-state index in [0.717, 1.165) is 31.6 Å². The van der Waals surface area contributed by atoms with Crippen LogP contribution in [0.2, 0.25) is 0 Å². The maximum atomic E-state index is 11.8. The second-order valence-corrected chi connectivity index (χ2v) is 5.46. The van der Waals surface area contributed by atoms with E-state index < -0.39 is 0 Å². The summed E-state index contributed by atoms with van der Waals surface area (Å²) in [5, 5.41) is 6.03. The molecule has 0 saturated carbocycles. The van der Waals surface area contributed by atoms with Gasteiger partial charge in [0.15, 0.2) is 0 Å². The van der Waals surface area contributed by atoms with Crippen LogP contribution < -0.4 is 10.6 Å². The van der Waals surface area contributed by atoms with Crippen LogP contribution in [0.4, 0.5) is 5.69 Å². The predicted octanol–water partition coefficient (Wildman–Crippen LogP) is 1.62. The summed E-state index contributed by atoms with van der Waals surface area (Å²) in [5.41, 5.74) is 0.933. The third kappa shape index (κ3) is 5.10. The van der Waals surface area contributed by atoms with Crippen molar-refractivity contribution in [1.29, 1.82) is 0 Å². The van der Waals surface area contributed by atoms with Crippen molar-refractivity contribution in [2.45, 2.75) is 32.2 Å². The van der Waals surface area contributed by atoms with Crippen molar-refractivity contribution in [3.05, 3.63) is 30.3 Å². The lowest BCUT2D eigenvalue weighted by atomic mass is 10.2. The van der Waals surface area contributed by atoms with Crippen LogP contribution in [0.3, 0.4) is 0 Å². The molecule has 0 radical (unpaired) electrons. The molecule has 1 fully saturated rings. The highest BCUT2D eigenvalue weighted by Gasteiger charge is 2.20. The molecule has 0 unspecified atom stereocenters. The molecule has 0 aliphatic carbocycles. The number of para-hydroxylation sites is 1.